The average molecular weight is 308 g/mol. The van der Waals surface area contributed by atoms with Crippen molar-refractivity contribution in [1.82, 2.24) is 10.2 Å². The first-order valence-corrected chi connectivity index (χ1v) is 8.34. The Balaban J connectivity index is 1.48. The maximum absolute atomic E-state index is 12.2. The molecule has 1 heterocycles. The van der Waals surface area contributed by atoms with Crippen LogP contribution in [0.3, 0.4) is 0 Å². The quantitative estimate of drug-likeness (QED) is 0.939. The van der Waals surface area contributed by atoms with Gasteiger partial charge in [-0.1, -0.05) is 48.0 Å². The number of amides is 1. The molecule has 2 aromatic carbocycles. The predicted octanol–water partition coefficient (Wildman–Crippen LogP) is 3.39. The van der Waals surface area contributed by atoms with Crippen molar-refractivity contribution in [3.05, 3.63) is 71.3 Å². The molecule has 0 atom stereocenters. The van der Waals surface area contributed by atoms with Crippen molar-refractivity contribution >= 4 is 5.91 Å². The Morgan fingerprint density at radius 2 is 1.83 bits per heavy atom. The van der Waals surface area contributed by atoms with Gasteiger partial charge >= 0.3 is 0 Å². The van der Waals surface area contributed by atoms with Crippen LogP contribution in [0.15, 0.2) is 54.6 Å². The van der Waals surface area contributed by atoms with E-state index in [-0.39, 0.29) is 11.9 Å². The van der Waals surface area contributed by atoms with Crippen molar-refractivity contribution in [2.45, 2.75) is 32.4 Å². The van der Waals surface area contributed by atoms with Crippen LogP contribution in [-0.2, 0) is 6.54 Å². The van der Waals surface area contributed by atoms with E-state index in [1.807, 2.05) is 30.3 Å². The fraction of sp³-hybridized carbons (Fsp3) is 0.350. The van der Waals surface area contributed by atoms with Gasteiger partial charge in [0.1, 0.15) is 0 Å². The summed E-state index contributed by atoms with van der Waals surface area (Å²) in [6.45, 7) is 5.21. The van der Waals surface area contributed by atoms with Gasteiger partial charge in [-0.2, -0.15) is 0 Å². The van der Waals surface area contributed by atoms with Crippen molar-refractivity contribution in [2.24, 2.45) is 0 Å². The van der Waals surface area contributed by atoms with E-state index in [1.54, 1.807) is 0 Å². The summed E-state index contributed by atoms with van der Waals surface area (Å²) in [6.07, 6.45) is 2.04. The first-order chi connectivity index (χ1) is 11.2. The lowest BCUT2D eigenvalue weighted by molar-refractivity contribution is 0.0909. The molecule has 3 heteroatoms. The Morgan fingerprint density at radius 3 is 2.52 bits per heavy atom. The van der Waals surface area contributed by atoms with Gasteiger partial charge in [-0.05, 0) is 37.5 Å². The third kappa shape index (κ3) is 4.42. The van der Waals surface area contributed by atoms with E-state index in [4.69, 9.17) is 0 Å². The van der Waals surface area contributed by atoms with Gasteiger partial charge in [-0.15, -0.1) is 0 Å². The van der Waals surface area contributed by atoms with E-state index in [1.165, 1.54) is 11.1 Å². The van der Waals surface area contributed by atoms with Crippen LogP contribution in [0.5, 0.6) is 0 Å². The molecule has 2 aromatic rings. The van der Waals surface area contributed by atoms with Crippen LogP contribution in [0.2, 0.25) is 0 Å². The predicted molar refractivity (Wildman–Crippen MR) is 93.4 cm³/mol. The molecule has 1 fully saturated rings. The molecule has 0 aliphatic carbocycles. The highest BCUT2D eigenvalue weighted by atomic mass is 16.1. The van der Waals surface area contributed by atoms with Gasteiger partial charge in [0.15, 0.2) is 0 Å². The van der Waals surface area contributed by atoms with Gasteiger partial charge in [0.2, 0.25) is 0 Å². The van der Waals surface area contributed by atoms with Crippen molar-refractivity contribution in [3.8, 4) is 0 Å². The number of benzene rings is 2. The zero-order chi connectivity index (χ0) is 16.1. The normalized spacial score (nSPS) is 16.2. The molecule has 3 rings (SSSR count). The number of nitrogens with one attached hydrogen (secondary N) is 1. The SMILES string of the molecule is Cc1cccc(CN2CCC(NC(=O)c3ccccc3)CC2)c1. The van der Waals surface area contributed by atoms with Crippen LogP contribution in [0.25, 0.3) is 0 Å². The van der Waals surface area contributed by atoms with Gasteiger partial charge in [0, 0.05) is 31.2 Å². The van der Waals surface area contributed by atoms with E-state index >= 15 is 0 Å². The molecule has 1 saturated heterocycles. The van der Waals surface area contributed by atoms with Gasteiger partial charge in [-0.3, -0.25) is 9.69 Å². The van der Waals surface area contributed by atoms with Crippen LogP contribution in [-0.4, -0.2) is 29.9 Å². The molecule has 23 heavy (non-hydrogen) atoms. The Hall–Kier alpha value is -2.13. The maximum Gasteiger partial charge on any atom is 0.251 e. The summed E-state index contributed by atoms with van der Waals surface area (Å²) >= 11 is 0. The lowest BCUT2D eigenvalue weighted by atomic mass is 10.0. The molecule has 0 bridgehead atoms. The number of nitrogens with zero attached hydrogens (tertiary/aromatic N) is 1. The summed E-state index contributed by atoms with van der Waals surface area (Å²) in [5.74, 6) is 0.0442. The fourth-order valence-corrected chi connectivity index (χ4v) is 3.16. The van der Waals surface area contributed by atoms with Gasteiger partial charge < -0.3 is 5.32 Å². The summed E-state index contributed by atoms with van der Waals surface area (Å²) in [7, 11) is 0. The summed E-state index contributed by atoms with van der Waals surface area (Å²) in [5, 5.41) is 3.16. The highest BCUT2D eigenvalue weighted by Crippen LogP contribution is 2.15. The number of carbonyl (C=O) groups is 1. The van der Waals surface area contributed by atoms with E-state index in [0.717, 1.165) is 38.0 Å². The summed E-state index contributed by atoms with van der Waals surface area (Å²) in [6, 6.07) is 18.5. The minimum absolute atomic E-state index is 0.0442. The smallest absolute Gasteiger partial charge is 0.251 e. The van der Waals surface area contributed by atoms with E-state index < -0.39 is 0 Å². The number of piperidine rings is 1. The van der Waals surface area contributed by atoms with E-state index in [0.29, 0.717) is 0 Å². The molecule has 0 radical (unpaired) electrons. The second-order valence-corrected chi connectivity index (χ2v) is 6.38. The third-order valence-electron chi connectivity index (χ3n) is 4.45. The minimum Gasteiger partial charge on any atom is -0.349 e. The van der Waals surface area contributed by atoms with Crippen molar-refractivity contribution in [2.75, 3.05) is 13.1 Å². The highest BCUT2D eigenvalue weighted by molar-refractivity contribution is 5.94. The molecule has 1 aliphatic heterocycles. The number of likely N-dealkylation sites (tertiary alicyclic amines) is 1. The lowest BCUT2D eigenvalue weighted by Gasteiger charge is -2.32. The molecule has 0 unspecified atom stereocenters. The van der Waals surface area contributed by atoms with Crippen LogP contribution in [0.4, 0.5) is 0 Å². The van der Waals surface area contributed by atoms with Crippen molar-refractivity contribution in [1.29, 1.82) is 0 Å². The second kappa shape index (κ2) is 7.42. The van der Waals surface area contributed by atoms with Gasteiger partial charge in [0.05, 0.1) is 0 Å². The topological polar surface area (TPSA) is 32.3 Å². The number of aryl methyl sites for hydroxylation is 1. The van der Waals surface area contributed by atoms with E-state index in [2.05, 4.69) is 41.4 Å². The number of rotatable bonds is 4. The summed E-state index contributed by atoms with van der Waals surface area (Å²) in [4.78, 5) is 14.7. The number of hydrogen-bond acceptors (Lipinski definition) is 2. The Kier molecular flexibility index (Phi) is 5.09. The Labute approximate surface area is 138 Å². The zero-order valence-corrected chi connectivity index (χ0v) is 13.7. The van der Waals surface area contributed by atoms with Gasteiger partial charge in [0.25, 0.3) is 5.91 Å². The lowest BCUT2D eigenvalue weighted by Crippen LogP contribution is -2.44. The second-order valence-electron chi connectivity index (χ2n) is 6.38. The van der Waals surface area contributed by atoms with Crippen LogP contribution in [0, 0.1) is 6.92 Å². The molecular formula is C20H24N2O. The number of hydrogen-bond donors (Lipinski definition) is 1. The van der Waals surface area contributed by atoms with Crippen molar-refractivity contribution < 1.29 is 4.79 Å². The number of carbonyl (C=O) groups excluding carboxylic acids is 1. The molecule has 1 aliphatic rings. The molecule has 3 nitrogen and oxygen atoms in total. The molecule has 0 aromatic heterocycles. The first kappa shape index (κ1) is 15.8. The Morgan fingerprint density at radius 1 is 1.09 bits per heavy atom. The van der Waals surface area contributed by atoms with Gasteiger partial charge in [-0.25, -0.2) is 0 Å². The first-order valence-electron chi connectivity index (χ1n) is 8.34. The highest BCUT2D eigenvalue weighted by Gasteiger charge is 2.21. The maximum atomic E-state index is 12.2. The van der Waals surface area contributed by atoms with Crippen LogP contribution >= 0.6 is 0 Å². The van der Waals surface area contributed by atoms with Crippen molar-refractivity contribution in [3.63, 3.8) is 0 Å². The average Bonchev–Trinajstić information content (AvgIpc) is 2.57. The van der Waals surface area contributed by atoms with E-state index in [9.17, 15) is 4.79 Å². The fourth-order valence-electron chi connectivity index (χ4n) is 3.16. The molecule has 0 saturated carbocycles. The molecule has 0 spiro atoms. The molecule has 1 amide bonds. The minimum atomic E-state index is 0.0442. The largest absolute Gasteiger partial charge is 0.349 e. The summed E-state index contributed by atoms with van der Waals surface area (Å²) < 4.78 is 0. The summed E-state index contributed by atoms with van der Waals surface area (Å²) in [5.41, 5.74) is 3.43. The molecule has 120 valence electrons. The Bertz CT molecular complexity index is 646. The standard InChI is InChI=1S/C20H24N2O/c1-16-6-5-7-17(14-16)15-22-12-10-19(11-13-22)21-20(23)18-8-3-2-4-9-18/h2-9,14,19H,10-13,15H2,1H3,(H,21,23). The monoisotopic (exact) mass is 308 g/mol. The molecule has 1 N–H and O–H groups in total. The van der Waals surface area contributed by atoms with Crippen LogP contribution < -0.4 is 5.32 Å². The molecular weight excluding hydrogens is 284 g/mol. The van der Waals surface area contributed by atoms with Crippen LogP contribution in [0.1, 0.15) is 34.3 Å². The third-order valence-corrected chi connectivity index (χ3v) is 4.45. The zero-order valence-electron chi connectivity index (χ0n) is 13.7.